The first kappa shape index (κ1) is 25.0. The van der Waals surface area contributed by atoms with E-state index in [4.69, 9.17) is 0 Å². The van der Waals surface area contributed by atoms with Crippen LogP contribution < -0.4 is 16.2 Å². The van der Waals surface area contributed by atoms with Crippen molar-refractivity contribution in [1.29, 1.82) is 0 Å². The van der Waals surface area contributed by atoms with E-state index in [9.17, 15) is 23.2 Å². The highest BCUT2D eigenvalue weighted by molar-refractivity contribution is 5.99. The molecule has 37 heavy (non-hydrogen) atoms. The van der Waals surface area contributed by atoms with Gasteiger partial charge >= 0.3 is 0 Å². The van der Waals surface area contributed by atoms with Crippen LogP contribution in [0.25, 0.3) is 10.9 Å². The van der Waals surface area contributed by atoms with Crippen LogP contribution in [0.5, 0.6) is 0 Å². The van der Waals surface area contributed by atoms with Crippen molar-refractivity contribution in [3.8, 4) is 0 Å². The Hall–Kier alpha value is -3.66. The van der Waals surface area contributed by atoms with Crippen LogP contribution in [0.3, 0.4) is 0 Å². The molecule has 2 aliphatic rings. The van der Waals surface area contributed by atoms with Gasteiger partial charge in [0.05, 0.1) is 10.9 Å². The van der Waals surface area contributed by atoms with Gasteiger partial charge in [0.2, 0.25) is 11.8 Å². The SMILES string of the molecule is Cc1nc2cccc(NCc3ccc(CN4CCC(F)(F)CC4)cc3)c2c(=O)n1C1CCC(=O)NC1=O. The smallest absolute Gasteiger partial charge is 0.264 e. The predicted molar refractivity (Wildman–Crippen MR) is 135 cm³/mol. The van der Waals surface area contributed by atoms with E-state index in [1.165, 1.54) is 4.57 Å². The minimum atomic E-state index is -2.55. The van der Waals surface area contributed by atoms with E-state index >= 15 is 0 Å². The number of nitrogens with one attached hydrogen (secondary N) is 2. The highest BCUT2D eigenvalue weighted by atomic mass is 19.3. The van der Waals surface area contributed by atoms with Crippen molar-refractivity contribution in [3.05, 3.63) is 69.8 Å². The van der Waals surface area contributed by atoms with Crippen molar-refractivity contribution in [2.75, 3.05) is 18.4 Å². The van der Waals surface area contributed by atoms with Crippen molar-refractivity contribution >= 4 is 28.4 Å². The molecule has 0 saturated carbocycles. The number of rotatable bonds is 6. The van der Waals surface area contributed by atoms with Gasteiger partial charge in [-0.2, -0.15) is 0 Å². The number of likely N-dealkylation sites (tertiary alicyclic amines) is 1. The monoisotopic (exact) mass is 509 g/mol. The third kappa shape index (κ3) is 5.39. The largest absolute Gasteiger partial charge is 0.380 e. The van der Waals surface area contributed by atoms with Crippen molar-refractivity contribution in [1.82, 2.24) is 19.8 Å². The number of piperidine rings is 2. The van der Waals surface area contributed by atoms with Crippen LogP contribution in [-0.4, -0.2) is 45.3 Å². The highest BCUT2D eigenvalue weighted by Gasteiger charge is 2.34. The number of imide groups is 1. The van der Waals surface area contributed by atoms with Gasteiger partial charge in [-0.3, -0.25) is 29.2 Å². The summed E-state index contributed by atoms with van der Waals surface area (Å²) in [7, 11) is 0. The third-order valence-corrected chi connectivity index (χ3v) is 7.13. The van der Waals surface area contributed by atoms with Gasteiger partial charge in [0, 0.05) is 51.1 Å². The second-order valence-electron chi connectivity index (χ2n) is 9.80. The molecule has 2 N–H and O–H groups in total. The zero-order chi connectivity index (χ0) is 26.2. The van der Waals surface area contributed by atoms with Crippen LogP contribution in [-0.2, 0) is 22.7 Å². The number of aryl methyl sites for hydroxylation is 1. The molecule has 2 amide bonds. The quantitative estimate of drug-likeness (QED) is 0.494. The number of amides is 2. The van der Waals surface area contributed by atoms with Crippen molar-refractivity contribution < 1.29 is 18.4 Å². The number of fused-ring (bicyclic) bond motifs is 1. The van der Waals surface area contributed by atoms with E-state index < -0.39 is 17.9 Å². The topological polar surface area (TPSA) is 96.3 Å². The average Bonchev–Trinajstić information content (AvgIpc) is 2.86. The van der Waals surface area contributed by atoms with Gasteiger partial charge in [0.15, 0.2) is 0 Å². The summed E-state index contributed by atoms with van der Waals surface area (Å²) in [5.41, 5.74) is 2.86. The maximum absolute atomic E-state index is 13.5. The van der Waals surface area contributed by atoms with Crippen LogP contribution in [0.1, 0.15) is 48.7 Å². The maximum Gasteiger partial charge on any atom is 0.264 e. The fraction of sp³-hybridized carbons (Fsp3) is 0.407. The second kappa shape index (κ2) is 10.0. The first-order chi connectivity index (χ1) is 17.7. The van der Waals surface area contributed by atoms with Crippen LogP contribution in [0.15, 0.2) is 47.3 Å². The number of anilines is 1. The van der Waals surface area contributed by atoms with Gasteiger partial charge < -0.3 is 5.32 Å². The minimum Gasteiger partial charge on any atom is -0.380 e. The summed E-state index contributed by atoms with van der Waals surface area (Å²) in [6.07, 6.45) is 0.222. The Bertz CT molecular complexity index is 1390. The molecule has 1 unspecified atom stereocenters. The lowest BCUT2D eigenvalue weighted by Gasteiger charge is -2.31. The molecule has 3 heterocycles. The van der Waals surface area contributed by atoms with Gasteiger partial charge in [-0.15, -0.1) is 0 Å². The maximum atomic E-state index is 13.5. The van der Waals surface area contributed by atoms with Crippen molar-refractivity contribution in [2.45, 2.75) is 57.7 Å². The molecule has 1 aromatic heterocycles. The van der Waals surface area contributed by atoms with Crippen LogP contribution in [0.2, 0.25) is 0 Å². The first-order valence-corrected chi connectivity index (χ1v) is 12.5. The molecule has 194 valence electrons. The summed E-state index contributed by atoms with van der Waals surface area (Å²) in [6, 6.07) is 12.5. The summed E-state index contributed by atoms with van der Waals surface area (Å²) in [4.78, 5) is 44.2. The fourth-order valence-electron chi connectivity index (χ4n) is 5.05. The summed E-state index contributed by atoms with van der Waals surface area (Å²) in [5.74, 6) is -2.97. The molecule has 0 radical (unpaired) electrons. The molecular weight excluding hydrogens is 480 g/mol. The van der Waals surface area contributed by atoms with Crippen LogP contribution >= 0.6 is 0 Å². The van der Waals surface area contributed by atoms with E-state index in [2.05, 4.69) is 15.6 Å². The molecule has 1 atom stereocenters. The number of hydrogen-bond acceptors (Lipinski definition) is 6. The van der Waals surface area contributed by atoms with Crippen LogP contribution in [0, 0.1) is 6.92 Å². The Morgan fingerprint density at radius 3 is 2.46 bits per heavy atom. The molecule has 5 rings (SSSR count). The average molecular weight is 510 g/mol. The molecule has 10 heteroatoms. The Morgan fingerprint density at radius 2 is 1.76 bits per heavy atom. The van der Waals surface area contributed by atoms with E-state index in [0.29, 0.717) is 48.6 Å². The molecular formula is C27H29F2N5O3. The summed E-state index contributed by atoms with van der Waals surface area (Å²) in [5, 5.41) is 6.01. The van der Waals surface area contributed by atoms with Gasteiger partial charge in [0.25, 0.3) is 11.5 Å². The summed E-state index contributed by atoms with van der Waals surface area (Å²) >= 11 is 0. The molecule has 3 aromatic rings. The van der Waals surface area contributed by atoms with E-state index in [1.54, 1.807) is 19.1 Å². The lowest BCUT2D eigenvalue weighted by Crippen LogP contribution is -2.45. The number of benzene rings is 2. The molecule has 0 aliphatic carbocycles. The van der Waals surface area contributed by atoms with Crippen molar-refractivity contribution in [3.63, 3.8) is 0 Å². The second-order valence-corrected chi connectivity index (χ2v) is 9.80. The Morgan fingerprint density at radius 1 is 1.05 bits per heavy atom. The normalized spacial score (nSPS) is 20.1. The first-order valence-electron chi connectivity index (χ1n) is 12.5. The fourth-order valence-corrected chi connectivity index (χ4v) is 5.05. The molecule has 8 nitrogen and oxygen atoms in total. The van der Waals surface area contributed by atoms with Gasteiger partial charge in [-0.1, -0.05) is 30.3 Å². The number of alkyl halides is 2. The minimum absolute atomic E-state index is 0.0976. The standard InChI is InChI=1S/C27H29F2N5O3/c1-17-31-21-4-2-3-20(24(21)26(37)34(17)22-9-10-23(35)32-25(22)36)30-15-18-5-7-19(8-6-18)16-33-13-11-27(28,29)12-14-33/h2-8,22,30H,9-16H2,1H3,(H,32,35,36). The number of aromatic nitrogens is 2. The number of nitrogens with zero attached hydrogens (tertiary/aromatic N) is 3. The van der Waals surface area contributed by atoms with E-state index in [-0.39, 0.29) is 37.1 Å². The van der Waals surface area contributed by atoms with Crippen LogP contribution in [0.4, 0.5) is 14.5 Å². The Kier molecular flexibility index (Phi) is 6.76. The van der Waals surface area contributed by atoms with Crippen molar-refractivity contribution in [2.24, 2.45) is 0 Å². The number of halogens is 2. The Balaban J connectivity index is 1.32. The molecule has 0 spiro atoms. The summed E-state index contributed by atoms with van der Waals surface area (Å²) < 4.78 is 28.2. The molecule has 2 aliphatic heterocycles. The molecule has 0 bridgehead atoms. The van der Waals surface area contributed by atoms with Gasteiger partial charge in [0.1, 0.15) is 11.9 Å². The number of carbonyl (C=O) groups excluding carboxylic acids is 2. The van der Waals surface area contributed by atoms with E-state index in [0.717, 1.165) is 11.1 Å². The lowest BCUT2D eigenvalue weighted by molar-refractivity contribution is -0.135. The third-order valence-electron chi connectivity index (χ3n) is 7.13. The lowest BCUT2D eigenvalue weighted by atomic mass is 10.0. The highest BCUT2D eigenvalue weighted by Crippen LogP contribution is 2.28. The zero-order valence-electron chi connectivity index (χ0n) is 20.6. The molecule has 2 saturated heterocycles. The summed E-state index contributed by atoms with van der Waals surface area (Å²) in [6.45, 7) is 3.56. The molecule has 2 aromatic carbocycles. The Labute approximate surface area is 212 Å². The zero-order valence-corrected chi connectivity index (χ0v) is 20.6. The van der Waals surface area contributed by atoms with Gasteiger partial charge in [-0.25, -0.2) is 13.8 Å². The van der Waals surface area contributed by atoms with E-state index in [1.807, 2.05) is 35.2 Å². The number of carbonyl (C=O) groups is 2. The van der Waals surface area contributed by atoms with Gasteiger partial charge in [-0.05, 0) is 36.6 Å². The predicted octanol–water partition coefficient (Wildman–Crippen LogP) is 3.53. The molecule has 2 fully saturated rings. The number of hydrogen-bond donors (Lipinski definition) is 2.